The van der Waals surface area contributed by atoms with Gasteiger partial charge in [-0.05, 0) is 24.6 Å². The Bertz CT molecular complexity index is 844. The Hall–Kier alpha value is -2.67. The molecule has 3 rings (SSSR count). The number of carbonyl (C=O) groups is 1. The van der Waals surface area contributed by atoms with Gasteiger partial charge in [0.1, 0.15) is 5.52 Å². The van der Waals surface area contributed by atoms with Crippen LogP contribution in [-0.4, -0.2) is 25.8 Å². The molecule has 0 atom stereocenters. The Kier molecular flexibility index (Phi) is 3.19. The standard InChI is InChI=1S/C13H11ClN6O/c1-6-2-3-7(4-8(6)15)12(21)20-13-18-10(14)9-11(19-13)17-5-16-9/h2-5H,15H2,1H3,(H2,16,17,18,19,20,21). The number of benzene rings is 1. The summed E-state index contributed by atoms with van der Waals surface area (Å²) in [4.78, 5) is 27.0. The number of fused-ring (bicyclic) bond motifs is 1. The molecular formula is C13H11ClN6O. The van der Waals surface area contributed by atoms with Crippen molar-refractivity contribution in [2.45, 2.75) is 6.92 Å². The molecule has 106 valence electrons. The molecule has 1 amide bonds. The second kappa shape index (κ2) is 5.02. The maximum atomic E-state index is 12.1. The lowest BCUT2D eigenvalue weighted by atomic mass is 10.1. The van der Waals surface area contributed by atoms with E-state index >= 15 is 0 Å². The fourth-order valence-corrected chi connectivity index (χ4v) is 2.03. The van der Waals surface area contributed by atoms with Gasteiger partial charge in [0.15, 0.2) is 10.8 Å². The van der Waals surface area contributed by atoms with Crippen LogP contribution in [-0.2, 0) is 0 Å². The molecule has 2 aromatic heterocycles. The molecule has 0 unspecified atom stereocenters. The normalized spacial score (nSPS) is 10.8. The first-order valence-electron chi connectivity index (χ1n) is 6.08. The lowest BCUT2D eigenvalue weighted by molar-refractivity contribution is 0.102. The highest BCUT2D eigenvalue weighted by atomic mass is 35.5. The van der Waals surface area contributed by atoms with Crippen LogP contribution in [0.2, 0.25) is 5.15 Å². The van der Waals surface area contributed by atoms with Crippen LogP contribution >= 0.6 is 11.6 Å². The zero-order valence-corrected chi connectivity index (χ0v) is 11.8. The molecule has 0 aliphatic rings. The number of aromatic nitrogens is 4. The van der Waals surface area contributed by atoms with Crippen LogP contribution in [0.3, 0.4) is 0 Å². The van der Waals surface area contributed by atoms with Crippen LogP contribution in [0.4, 0.5) is 11.6 Å². The van der Waals surface area contributed by atoms with Crippen LogP contribution in [0.15, 0.2) is 24.5 Å². The quantitative estimate of drug-likeness (QED) is 0.496. The van der Waals surface area contributed by atoms with Crippen LogP contribution < -0.4 is 11.1 Å². The van der Waals surface area contributed by atoms with Crippen molar-refractivity contribution < 1.29 is 4.79 Å². The molecule has 3 aromatic rings. The van der Waals surface area contributed by atoms with E-state index < -0.39 is 0 Å². The molecule has 1 aromatic carbocycles. The molecular weight excluding hydrogens is 292 g/mol. The fraction of sp³-hybridized carbons (Fsp3) is 0.0769. The number of amides is 1. The SMILES string of the molecule is Cc1ccc(C(=O)Nc2nc(Cl)c3[nH]cnc3n2)cc1N. The van der Waals surface area contributed by atoms with E-state index in [2.05, 4.69) is 25.3 Å². The zero-order chi connectivity index (χ0) is 15.0. The highest BCUT2D eigenvalue weighted by Gasteiger charge is 2.12. The number of nitrogens with zero attached hydrogens (tertiary/aromatic N) is 3. The third-order valence-corrected chi connectivity index (χ3v) is 3.28. The van der Waals surface area contributed by atoms with Gasteiger partial charge in [-0.2, -0.15) is 9.97 Å². The van der Waals surface area contributed by atoms with Gasteiger partial charge in [-0.15, -0.1) is 0 Å². The number of aromatic amines is 1. The molecule has 0 aliphatic carbocycles. The van der Waals surface area contributed by atoms with Gasteiger partial charge in [-0.3, -0.25) is 10.1 Å². The summed E-state index contributed by atoms with van der Waals surface area (Å²) < 4.78 is 0. The van der Waals surface area contributed by atoms with Crippen LogP contribution in [0.25, 0.3) is 11.2 Å². The summed E-state index contributed by atoms with van der Waals surface area (Å²) in [6, 6.07) is 5.05. The van der Waals surface area contributed by atoms with E-state index in [1.165, 1.54) is 6.33 Å². The number of aryl methyl sites for hydroxylation is 1. The van der Waals surface area contributed by atoms with E-state index in [1.807, 2.05) is 6.92 Å². The number of nitrogens with one attached hydrogen (secondary N) is 2. The van der Waals surface area contributed by atoms with Gasteiger partial charge in [0.25, 0.3) is 5.91 Å². The van der Waals surface area contributed by atoms with Gasteiger partial charge in [0.05, 0.1) is 6.33 Å². The maximum absolute atomic E-state index is 12.1. The average Bonchev–Trinajstić information content (AvgIpc) is 2.90. The Balaban J connectivity index is 1.90. The summed E-state index contributed by atoms with van der Waals surface area (Å²) in [5.74, 6) is -0.281. The molecule has 0 fully saturated rings. The van der Waals surface area contributed by atoms with Gasteiger partial charge < -0.3 is 10.7 Å². The highest BCUT2D eigenvalue weighted by Crippen LogP contribution is 2.19. The first kappa shape index (κ1) is 13.3. The first-order chi connectivity index (χ1) is 10.0. The van der Waals surface area contributed by atoms with Crippen molar-refractivity contribution >= 4 is 40.3 Å². The molecule has 2 heterocycles. The number of anilines is 2. The summed E-state index contributed by atoms with van der Waals surface area (Å²) in [7, 11) is 0. The monoisotopic (exact) mass is 302 g/mol. The molecule has 0 saturated carbocycles. The van der Waals surface area contributed by atoms with Gasteiger partial charge in [-0.1, -0.05) is 17.7 Å². The number of hydrogen-bond acceptors (Lipinski definition) is 5. The molecule has 21 heavy (non-hydrogen) atoms. The summed E-state index contributed by atoms with van der Waals surface area (Å²) in [5.41, 5.74) is 8.56. The third-order valence-electron chi connectivity index (χ3n) is 3.01. The first-order valence-corrected chi connectivity index (χ1v) is 6.46. The number of rotatable bonds is 2. The van der Waals surface area contributed by atoms with Crippen molar-refractivity contribution in [2.75, 3.05) is 11.1 Å². The number of carbonyl (C=O) groups excluding carboxylic acids is 1. The predicted octanol–water partition coefficient (Wildman–Crippen LogP) is 2.15. The molecule has 0 spiro atoms. The topological polar surface area (TPSA) is 110 Å². The van der Waals surface area contributed by atoms with Crippen LogP contribution in [0.5, 0.6) is 0 Å². The minimum atomic E-state index is -0.368. The number of nitrogens with two attached hydrogens (primary N) is 1. The Morgan fingerprint density at radius 1 is 1.38 bits per heavy atom. The van der Waals surface area contributed by atoms with E-state index in [4.69, 9.17) is 17.3 Å². The van der Waals surface area contributed by atoms with Crippen molar-refractivity contribution in [3.05, 3.63) is 40.8 Å². The van der Waals surface area contributed by atoms with E-state index in [0.717, 1.165) is 5.56 Å². The summed E-state index contributed by atoms with van der Waals surface area (Å²) in [6.45, 7) is 1.87. The number of hydrogen-bond donors (Lipinski definition) is 3. The van der Waals surface area contributed by atoms with Crippen LogP contribution in [0.1, 0.15) is 15.9 Å². The summed E-state index contributed by atoms with van der Waals surface area (Å²) >= 11 is 5.99. The lowest BCUT2D eigenvalue weighted by Gasteiger charge is -2.06. The van der Waals surface area contributed by atoms with Crippen molar-refractivity contribution in [3.63, 3.8) is 0 Å². The average molecular weight is 303 g/mol. The molecule has 0 saturated heterocycles. The predicted molar refractivity (Wildman–Crippen MR) is 80.2 cm³/mol. The summed E-state index contributed by atoms with van der Waals surface area (Å²) in [5, 5.41) is 2.76. The molecule has 0 bridgehead atoms. The van der Waals surface area contributed by atoms with E-state index in [1.54, 1.807) is 18.2 Å². The lowest BCUT2D eigenvalue weighted by Crippen LogP contribution is -2.14. The van der Waals surface area contributed by atoms with E-state index in [-0.39, 0.29) is 17.0 Å². The Morgan fingerprint density at radius 3 is 2.95 bits per heavy atom. The molecule has 0 radical (unpaired) electrons. The number of nitrogen functional groups attached to an aromatic ring is 1. The van der Waals surface area contributed by atoms with Gasteiger partial charge in [0.2, 0.25) is 5.95 Å². The molecule has 8 heteroatoms. The van der Waals surface area contributed by atoms with Crippen LogP contribution in [0, 0.1) is 6.92 Å². The van der Waals surface area contributed by atoms with Gasteiger partial charge in [0, 0.05) is 11.3 Å². The van der Waals surface area contributed by atoms with E-state index in [9.17, 15) is 4.79 Å². The largest absolute Gasteiger partial charge is 0.398 e. The third kappa shape index (κ3) is 2.50. The van der Waals surface area contributed by atoms with Gasteiger partial charge in [-0.25, -0.2) is 4.98 Å². The van der Waals surface area contributed by atoms with Crippen molar-refractivity contribution in [3.8, 4) is 0 Å². The van der Waals surface area contributed by atoms with Crippen molar-refractivity contribution in [1.29, 1.82) is 0 Å². The number of halogens is 1. The minimum absolute atomic E-state index is 0.0868. The van der Waals surface area contributed by atoms with Crippen molar-refractivity contribution in [1.82, 2.24) is 19.9 Å². The second-order valence-electron chi connectivity index (χ2n) is 4.46. The highest BCUT2D eigenvalue weighted by molar-refractivity contribution is 6.33. The molecule has 0 aliphatic heterocycles. The van der Waals surface area contributed by atoms with Crippen molar-refractivity contribution in [2.24, 2.45) is 0 Å². The van der Waals surface area contributed by atoms with E-state index in [0.29, 0.717) is 22.4 Å². The Labute approximate surface area is 124 Å². The molecule has 4 N–H and O–H groups in total. The number of imidazole rings is 1. The molecule has 7 nitrogen and oxygen atoms in total. The Morgan fingerprint density at radius 2 is 2.19 bits per heavy atom. The smallest absolute Gasteiger partial charge is 0.258 e. The minimum Gasteiger partial charge on any atom is -0.398 e. The fourth-order valence-electron chi connectivity index (χ4n) is 1.81. The second-order valence-corrected chi connectivity index (χ2v) is 4.82. The number of H-pyrrole nitrogens is 1. The zero-order valence-electron chi connectivity index (χ0n) is 11.0. The maximum Gasteiger partial charge on any atom is 0.258 e. The van der Waals surface area contributed by atoms with Gasteiger partial charge >= 0.3 is 0 Å². The summed E-state index contributed by atoms with van der Waals surface area (Å²) in [6.07, 6.45) is 1.46.